The summed E-state index contributed by atoms with van der Waals surface area (Å²) in [6.07, 6.45) is 1.46. The first-order valence-electron chi connectivity index (χ1n) is 9.80. The first kappa shape index (κ1) is 21.0. The number of nitrogens with one attached hydrogen (secondary N) is 1. The number of hydrogen-bond donors (Lipinski definition) is 1. The smallest absolute Gasteiger partial charge is 0.335 e. The van der Waals surface area contributed by atoms with E-state index in [2.05, 4.69) is 5.32 Å². The van der Waals surface area contributed by atoms with Crippen LogP contribution in [-0.2, 0) is 9.59 Å². The number of carbonyl (C=O) groups is 3. The van der Waals surface area contributed by atoms with Gasteiger partial charge in [-0.2, -0.15) is 0 Å². The van der Waals surface area contributed by atoms with Crippen molar-refractivity contribution in [1.29, 1.82) is 0 Å². The van der Waals surface area contributed by atoms with Gasteiger partial charge < -0.3 is 9.30 Å². The van der Waals surface area contributed by atoms with E-state index in [-0.39, 0.29) is 11.4 Å². The Kier molecular flexibility index (Phi) is 5.36. The first-order valence-corrected chi connectivity index (χ1v) is 9.80. The minimum atomic E-state index is -0.820. The van der Waals surface area contributed by atoms with Crippen molar-refractivity contribution in [1.82, 2.24) is 9.88 Å². The maximum atomic E-state index is 13.3. The largest absolute Gasteiger partial charge is 0.497 e. The quantitative estimate of drug-likeness (QED) is 0.500. The number of amides is 4. The normalized spacial score (nSPS) is 15.3. The lowest BCUT2D eigenvalue weighted by atomic mass is 10.1. The highest BCUT2D eigenvalue weighted by Crippen LogP contribution is 2.27. The highest BCUT2D eigenvalue weighted by atomic mass is 19.1. The zero-order valence-electron chi connectivity index (χ0n) is 17.7. The Morgan fingerprint density at radius 2 is 1.56 bits per heavy atom. The Morgan fingerprint density at radius 1 is 0.938 bits per heavy atom. The second kappa shape index (κ2) is 8.14. The lowest BCUT2D eigenvalue weighted by Gasteiger charge is -2.26. The van der Waals surface area contributed by atoms with Gasteiger partial charge in [-0.1, -0.05) is 0 Å². The number of rotatable bonds is 4. The van der Waals surface area contributed by atoms with Crippen LogP contribution in [0.1, 0.15) is 17.0 Å². The van der Waals surface area contributed by atoms with E-state index in [1.54, 1.807) is 36.4 Å². The number of aromatic nitrogens is 1. The molecule has 0 atom stereocenters. The van der Waals surface area contributed by atoms with Gasteiger partial charge in [-0.25, -0.2) is 14.1 Å². The maximum Gasteiger partial charge on any atom is 0.335 e. The highest BCUT2D eigenvalue weighted by molar-refractivity contribution is 6.39. The second-order valence-electron chi connectivity index (χ2n) is 7.29. The lowest BCUT2D eigenvalue weighted by Crippen LogP contribution is -2.54. The zero-order chi connectivity index (χ0) is 23.0. The molecule has 32 heavy (non-hydrogen) atoms. The molecule has 3 aromatic rings. The number of ether oxygens (including phenoxy) is 1. The van der Waals surface area contributed by atoms with E-state index in [0.717, 1.165) is 22.0 Å². The van der Waals surface area contributed by atoms with Gasteiger partial charge in [0.2, 0.25) is 0 Å². The van der Waals surface area contributed by atoms with Crippen LogP contribution in [0, 0.1) is 19.7 Å². The van der Waals surface area contributed by atoms with E-state index < -0.39 is 17.8 Å². The molecule has 1 N–H and O–H groups in total. The molecule has 0 unspecified atom stereocenters. The minimum Gasteiger partial charge on any atom is -0.497 e. The molecule has 2 aromatic carbocycles. The van der Waals surface area contributed by atoms with Gasteiger partial charge in [-0.3, -0.25) is 14.9 Å². The Bertz CT molecular complexity index is 1260. The Morgan fingerprint density at radius 3 is 2.19 bits per heavy atom. The summed E-state index contributed by atoms with van der Waals surface area (Å²) in [5.41, 5.74) is 3.13. The first-order chi connectivity index (χ1) is 15.3. The molecule has 0 spiro atoms. The molecule has 7 nitrogen and oxygen atoms in total. The van der Waals surface area contributed by atoms with Gasteiger partial charge in [0.15, 0.2) is 0 Å². The molecule has 0 saturated carbocycles. The molecule has 2 heterocycles. The standard InChI is InChI=1S/C24H20FN3O4/c1-14-12-16(15(2)27(14)18-6-4-17(25)5-7-18)13-21-22(29)26-24(31)28(23(21)30)19-8-10-20(32-3)11-9-19/h4-13H,1-3H3,(H,26,29,31)/b21-13-. The number of anilines is 1. The number of urea groups is 1. The third kappa shape index (κ3) is 3.66. The van der Waals surface area contributed by atoms with Crippen LogP contribution in [0.3, 0.4) is 0 Å². The molecule has 1 aromatic heterocycles. The summed E-state index contributed by atoms with van der Waals surface area (Å²) in [4.78, 5) is 38.9. The topological polar surface area (TPSA) is 80.6 Å². The fourth-order valence-corrected chi connectivity index (χ4v) is 3.70. The third-order valence-corrected chi connectivity index (χ3v) is 5.29. The molecule has 162 valence electrons. The highest BCUT2D eigenvalue weighted by Gasteiger charge is 2.37. The van der Waals surface area contributed by atoms with Gasteiger partial charge in [-0.15, -0.1) is 0 Å². The van der Waals surface area contributed by atoms with Crippen molar-refractivity contribution >= 4 is 29.6 Å². The average Bonchev–Trinajstić information content (AvgIpc) is 3.05. The van der Waals surface area contributed by atoms with Crippen molar-refractivity contribution in [3.8, 4) is 11.4 Å². The van der Waals surface area contributed by atoms with Crippen LogP contribution in [0.2, 0.25) is 0 Å². The Hall–Kier alpha value is -4.20. The Balaban J connectivity index is 1.73. The molecule has 4 amide bonds. The number of hydrogen-bond acceptors (Lipinski definition) is 4. The van der Waals surface area contributed by atoms with Crippen molar-refractivity contribution in [3.63, 3.8) is 0 Å². The van der Waals surface area contributed by atoms with E-state index in [1.807, 2.05) is 24.5 Å². The summed E-state index contributed by atoms with van der Waals surface area (Å²) in [6.45, 7) is 3.70. The summed E-state index contributed by atoms with van der Waals surface area (Å²) in [6, 6.07) is 13.4. The molecule has 0 bridgehead atoms. The molecule has 4 rings (SSSR count). The summed E-state index contributed by atoms with van der Waals surface area (Å²) in [5.74, 6) is -1.27. The van der Waals surface area contributed by atoms with Crippen LogP contribution in [-0.4, -0.2) is 29.5 Å². The van der Waals surface area contributed by atoms with Gasteiger partial charge >= 0.3 is 6.03 Å². The number of benzene rings is 2. The molecule has 0 radical (unpaired) electrons. The number of carbonyl (C=O) groups excluding carboxylic acids is 3. The van der Waals surface area contributed by atoms with Gasteiger partial charge in [-0.05, 0) is 80.1 Å². The summed E-state index contributed by atoms with van der Waals surface area (Å²) in [5, 5.41) is 2.22. The number of methoxy groups -OCH3 is 1. The average molecular weight is 433 g/mol. The SMILES string of the molecule is COc1ccc(N2C(=O)NC(=O)/C(=C/c3cc(C)n(-c4ccc(F)cc4)c3C)C2=O)cc1. The van der Waals surface area contributed by atoms with Gasteiger partial charge in [0.1, 0.15) is 17.1 Å². The van der Waals surface area contributed by atoms with Crippen LogP contribution >= 0.6 is 0 Å². The van der Waals surface area contributed by atoms with E-state index in [9.17, 15) is 18.8 Å². The van der Waals surface area contributed by atoms with Crippen LogP contribution in [0.25, 0.3) is 11.8 Å². The summed E-state index contributed by atoms with van der Waals surface area (Å²) < 4.78 is 20.3. The van der Waals surface area contributed by atoms with Crippen LogP contribution in [0.15, 0.2) is 60.2 Å². The number of halogens is 1. The van der Waals surface area contributed by atoms with Gasteiger partial charge in [0.05, 0.1) is 12.8 Å². The van der Waals surface area contributed by atoms with Crippen molar-refractivity contribution < 1.29 is 23.5 Å². The predicted octanol–water partition coefficient (Wildman–Crippen LogP) is 3.91. The van der Waals surface area contributed by atoms with E-state index >= 15 is 0 Å². The molecular formula is C24H20FN3O4. The van der Waals surface area contributed by atoms with Crippen molar-refractivity contribution in [2.75, 3.05) is 12.0 Å². The van der Waals surface area contributed by atoms with Gasteiger partial charge in [0.25, 0.3) is 11.8 Å². The number of aryl methyl sites for hydroxylation is 1. The van der Waals surface area contributed by atoms with E-state index in [4.69, 9.17) is 4.74 Å². The monoisotopic (exact) mass is 433 g/mol. The number of barbiturate groups is 1. The zero-order valence-corrected chi connectivity index (χ0v) is 17.7. The molecule has 8 heteroatoms. The van der Waals surface area contributed by atoms with Crippen LogP contribution < -0.4 is 15.0 Å². The molecule has 1 saturated heterocycles. The molecule has 0 aliphatic carbocycles. The third-order valence-electron chi connectivity index (χ3n) is 5.29. The minimum absolute atomic E-state index is 0.167. The summed E-state index contributed by atoms with van der Waals surface area (Å²) in [7, 11) is 1.51. The number of imide groups is 2. The van der Waals surface area contributed by atoms with E-state index in [0.29, 0.717) is 17.0 Å². The fourth-order valence-electron chi connectivity index (χ4n) is 3.70. The molecule has 1 aliphatic heterocycles. The summed E-state index contributed by atoms with van der Waals surface area (Å²) >= 11 is 0. The molecular weight excluding hydrogens is 413 g/mol. The Labute approximate surface area is 183 Å². The fraction of sp³-hybridized carbons (Fsp3) is 0.125. The van der Waals surface area contributed by atoms with Crippen molar-refractivity contribution in [3.05, 3.63) is 82.9 Å². The van der Waals surface area contributed by atoms with Crippen LogP contribution in [0.4, 0.5) is 14.9 Å². The maximum absolute atomic E-state index is 13.3. The predicted molar refractivity (Wildman–Crippen MR) is 117 cm³/mol. The molecule has 1 aliphatic rings. The lowest BCUT2D eigenvalue weighted by molar-refractivity contribution is -0.122. The van der Waals surface area contributed by atoms with Crippen molar-refractivity contribution in [2.24, 2.45) is 0 Å². The second-order valence-corrected chi connectivity index (χ2v) is 7.29. The van der Waals surface area contributed by atoms with Crippen LogP contribution in [0.5, 0.6) is 5.75 Å². The number of nitrogens with zero attached hydrogens (tertiary/aromatic N) is 2. The van der Waals surface area contributed by atoms with Crippen molar-refractivity contribution in [2.45, 2.75) is 13.8 Å². The molecule has 1 fully saturated rings. The van der Waals surface area contributed by atoms with E-state index in [1.165, 1.54) is 25.3 Å². The van der Waals surface area contributed by atoms with Gasteiger partial charge in [0, 0.05) is 17.1 Å².